The molecule has 3 aromatic rings. The molecule has 3 rings (SSSR count). The number of fused-ring (bicyclic) bond motifs is 1. The first-order valence-corrected chi connectivity index (χ1v) is 10.9. The molecule has 5 nitrogen and oxygen atoms in total. The van der Waals surface area contributed by atoms with Gasteiger partial charge in [-0.05, 0) is 36.4 Å². The van der Waals surface area contributed by atoms with Crippen molar-refractivity contribution in [2.75, 3.05) is 13.1 Å². The highest BCUT2D eigenvalue weighted by molar-refractivity contribution is 5.96. The smallest absolute Gasteiger partial charge is 0.244 e. The molecule has 1 amide bonds. The number of rotatable bonds is 10. The number of aromatic nitrogens is 1. The van der Waals surface area contributed by atoms with Gasteiger partial charge in [-0.15, -0.1) is 0 Å². The normalized spacial score (nSPS) is 11.3. The van der Waals surface area contributed by atoms with Gasteiger partial charge < -0.3 is 9.88 Å². The first kappa shape index (κ1) is 22.3. The molecule has 0 aliphatic heterocycles. The highest BCUT2D eigenvalue weighted by Gasteiger charge is 2.08. The zero-order valence-electron chi connectivity index (χ0n) is 18.3. The minimum absolute atomic E-state index is 0.119. The van der Waals surface area contributed by atoms with E-state index in [1.807, 2.05) is 48.7 Å². The van der Waals surface area contributed by atoms with Gasteiger partial charge in [-0.25, -0.2) is 0 Å². The van der Waals surface area contributed by atoms with Crippen molar-refractivity contribution in [1.29, 1.82) is 5.26 Å². The maximum atomic E-state index is 12.5. The maximum absolute atomic E-state index is 12.5. The Morgan fingerprint density at radius 3 is 2.55 bits per heavy atom. The molecule has 2 aromatic carbocycles. The van der Waals surface area contributed by atoms with Crippen molar-refractivity contribution < 1.29 is 4.79 Å². The standard InChI is InChI=1S/C26H30N4O/c1-3-29(4-2)19-22-11-6-5-10-21(22)18-28-26(31)15-14-23-20-30(17-9-16-27)25-13-8-7-12-24(23)25/h5-8,10-15,20H,3-4,9,17-19H2,1-2H3,(H,28,31)/b15-14+. The third-order valence-corrected chi connectivity index (χ3v) is 5.56. The summed E-state index contributed by atoms with van der Waals surface area (Å²) in [4.78, 5) is 14.9. The van der Waals surface area contributed by atoms with Gasteiger partial charge in [0.1, 0.15) is 0 Å². The molecule has 1 N–H and O–H groups in total. The lowest BCUT2D eigenvalue weighted by atomic mass is 10.1. The molecule has 31 heavy (non-hydrogen) atoms. The summed E-state index contributed by atoms with van der Waals surface area (Å²) in [6, 6.07) is 18.5. The average molecular weight is 415 g/mol. The minimum Gasteiger partial charge on any atom is -0.348 e. The molecule has 0 aliphatic rings. The second-order valence-electron chi connectivity index (χ2n) is 7.48. The Hall–Kier alpha value is -3.36. The Labute approximate surface area is 184 Å². The van der Waals surface area contributed by atoms with E-state index < -0.39 is 0 Å². The van der Waals surface area contributed by atoms with Crippen LogP contribution in [0, 0.1) is 11.3 Å². The van der Waals surface area contributed by atoms with E-state index in [-0.39, 0.29) is 5.91 Å². The maximum Gasteiger partial charge on any atom is 0.244 e. The van der Waals surface area contributed by atoms with Crippen LogP contribution in [-0.4, -0.2) is 28.5 Å². The zero-order chi connectivity index (χ0) is 22.1. The van der Waals surface area contributed by atoms with Gasteiger partial charge in [0, 0.05) is 48.4 Å². The Bertz CT molecular complexity index is 1090. The number of aryl methyl sites for hydroxylation is 1. The van der Waals surface area contributed by atoms with Gasteiger partial charge in [0.05, 0.1) is 12.5 Å². The number of nitriles is 1. The van der Waals surface area contributed by atoms with Crippen LogP contribution in [0.3, 0.4) is 0 Å². The fourth-order valence-corrected chi connectivity index (χ4v) is 3.74. The first-order valence-electron chi connectivity index (χ1n) is 10.9. The predicted octanol–water partition coefficient (Wildman–Crippen LogP) is 4.73. The molecule has 0 radical (unpaired) electrons. The van der Waals surface area contributed by atoms with Gasteiger partial charge in [-0.1, -0.05) is 56.3 Å². The average Bonchev–Trinajstić information content (AvgIpc) is 3.16. The Morgan fingerprint density at radius 1 is 1.10 bits per heavy atom. The largest absolute Gasteiger partial charge is 0.348 e. The third kappa shape index (κ3) is 5.84. The Morgan fingerprint density at radius 2 is 1.81 bits per heavy atom. The second kappa shape index (κ2) is 11.1. The quantitative estimate of drug-likeness (QED) is 0.488. The molecule has 0 saturated carbocycles. The van der Waals surface area contributed by atoms with Gasteiger partial charge in [-0.3, -0.25) is 9.69 Å². The van der Waals surface area contributed by atoms with Crippen LogP contribution in [0.15, 0.2) is 60.8 Å². The SMILES string of the molecule is CCN(CC)Cc1ccccc1CNC(=O)/C=C/c1cn(CCC#N)c2ccccc12. The summed E-state index contributed by atoms with van der Waals surface area (Å²) >= 11 is 0. The lowest BCUT2D eigenvalue weighted by Gasteiger charge is -2.20. The summed E-state index contributed by atoms with van der Waals surface area (Å²) in [7, 11) is 0. The van der Waals surface area contributed by atoms with Gasteiger partial charge in [-0.2, -0.15) is 5.26 Å². The van der Waals surface area contributed by atoms with Gasteiger partial charge in [0.15, 0.2) is 0 Å². The molecule has 0 aliphatic carbocycles. The summed E-state index contributed by atoms with van der Waals surface area (Å²) in [5.74, 6) is -0.119. The van der Waals surface area contributed by atoms with Crippen molar-refractivity contribution in [3.05, 3.63) is 77.5 Å². The highest BCUT2D eigenvalue weighted by Crippen LogP contribution is 2.22. The van der Waals surface area contributed by atoms with Crippen molar-refractivity contribution in [3.8, 4) is 6.07 Å². The van der Waals surface area contributed by atoms with Crippen LogP contribution < -0.4 is 5.32 Å². The zero-order valence-corrected chi connectivity index (χ0v) is 18.3. The lowest BCUT2D eigenvalue weighted by molar-refractivity contribution is -0.116. The number of benzene rings is 2. The van der Waals surface area contributed by atoms with Crippen LogP contribution in [0.5, 0.6) is 0 Å². The molecular weight excluding hydrogens is 384 g/mol. The first-order chi connectivity index (χ1) is 15.2. The second-order valence-corrected chi connectivity index (χ2v) is 7.48. The number of nitrogens with zero attached hydrogens (tertiary/aromatic N) is 3. The fraction of sp³-hybridized carbons (Fsp3) is 0.308. The van der Waals surface area contributed by atoms with Crippen LogP contribution in [-0.2, 0) is 24.4 Å². The molecule has 1 aromatic heterocycles. The van der Waals surface area contributed by atoms with Crippen LogP contribution in [0.2, 0.25) is 0 Å². The summed E-state index contributed by atoms with van der Waals surface area (Å²) in [6.45, 7) is 8.36. The molecule has 160 valence electrons. The number of hydrogen-bond acceptors (Lipinski definition) is 3. The monoisotopic (exact) mass is 414 g/mol. The molecule has 0 bridgehead atoms. The number of carbonyl (C=O) groups is 1. The summed E-state index contributed by atoms with van der Waals surface area (Å²) in [5, 5.41) is 13.0. The summed E-state index contributed by atoms with van der Waals surface area (Å²) in [6.07, 6.45) is 5.89. The van der Waals surface area contributed by atoms with Crippen molar-refractivity contribution >= 4 is 22.9 Å². The van der Waals surface area contributed by atoms with E-state index in [1.165, 1.54) is 5.56 Å². The van der Waals surface area contributed by atoms with Crippen LogP contribution >= 0.6 is 0 Å². The van der Waals surface area contributed by atoms with E-state index in [0.717, 1.165) is 41.7 Å². The van der Waals surface area contributed by atoms with E-state index in [4.69, 9.17) is 5.26 Å². The van der Waals surface area contributed by atoms with E-state index in [9.17, 15) is 4.79 Å². The van der Waals surface area contributed by atoms with Gasteiger partial charge in [0.2, 0.25) is 5.91 Å². The molecule has 0 saturated heterocycles. The van der Waals surface area contributed by atoms with E-state index in [1.54, 1.807) is 6.08 Å². The molecule has 0 fully saturated rings. The van der Waals surface area contributed by atoms with Crippen molar-refractivity contribution in [3.63, 3.8) is 0 Å². The summed E-state index contributed by atoms with van der Waals surface area (Å²) in [5.41, 5.74) is 4.44. The van der Waals surface area contributed by atoms with Gasteiger partial charge in [0.25, 0.3) is 0 Å². The molecule has 0 unspecified atom stereocenters. The van der Waals surface area contributed by atoms with Crippen molar-refractivity contribution in [2.24, 2.45) is 0 Å². The third-order valence-electron chi connectivity index (χ3n) is 5.56. The highest BCUT2D eigenvalue weighted by atomic mass is 16.1. The minimum atomic E-state index is -0.119. The molecular formula is C26H30N4O. The van der Waals surface area contributed by atoms with Crippen LogP contribution in [0.25, 0.3) is 17.0 Å². The van der Waals surface area contributed by atoms with Crippen molar-refractivity contribution in [2.45, 2.75) is 39.9 Å². The molecule has 1 heterocycles. The number of para-hydroxylation sites is 1. The van der Waals surface area contributed by atoms with Crippen molar-refractivity contribution in [1.82, 2.24) is 14.8 Å². The van der Waals surface area contributed by atoms with E-state index in [0.29, 0.717) is 19.5 Å². The predicted molar refractivity (Wildman–Crippen MR) is 126 cm³/mol. The number of amides is 1. The number of nitrogens with one attached hydrogen (secondary N) is 1. The molecule has 5 heteroatoms. The van der Waals surface area contributed by atoms with Crippen LogP contribution in [0.1, 0.15) is 37.0 Å². The molecule has 0 spiro atoms. The lowest BCUT2D eigenvalue weighted by Crippen LogP contribution is -2.25. The number of hydrogen-bond donors (Lipinski definition) is 1. The fourth-order valence-electron chi connectivity index (χ4n) is 3.74. The molecule has 0 atom stereocenters. The Balaban J connectivity index is 1.68. The van der Waals surface area contributed by atoms with Crippen LogP contribution in [0.4, 0.5) is 0 Å². The summed E-state index contributed by atoms with van der Waals surface area (Å²) < 4.78 is 2.07. The Kier molecular flexibility index (Phi) is 8.03. The number of carbonyl (C=O) groups excluding carboxylic acids is 1. The topological polar surface area (TPSA) is 61.1 Å². The van der Waals surface area contributed by atoms with E-state index >= 15 is 0 Å². The van der Waals surface area contributed by atoms with Gasteiger partial charge >= 0.3 is 0 Å². The van der Waals surface area contributed by atoms with E-state index in [2.05, 4.69) is 46.8 Å².